The van der Waals surface area contributed by atoms with E-state index in [4.69, 9.17) is 4.74 Å². The van der Waals surface area contributed by atoms with Gasteiger partial charge in [-0.15, -0.1) is 0 Å². The van der Waals surface area contributed by atoms with Crippen LogP contribution in [0, 0.1) is 6.92 Å². The molecule has 7 nitrogen and oxygen atoms in total. The van der Waals surface area contributed by atoms with E-state index < -0.39 is 0 Å². The average molecular weight is 494 g/mol. The standard InChI is InChI=1S/C29H43N5O2/c1-4-16-34(17-5-2)26-20-27(33-30-22-24-12-9-11-23(3)19-24)32-29(21-26)36-18-10-15-28(35)31-25-13-7-6-8-14-25/h9,11-12,19-22,25H,4-8,10,13-18H2,1-3H3,(H,31,35)(H,32,33)/b30-22+. The number of amides is 1. The summed E-state index contributed by atoms with van der Waals surface area (Å²) in [5, 5.41) is 7.57. The first kappa shape index (κ1) is 27.5. The lowest BCUT2D eigenvalue weighted by atomic mass is 9.95. The Hall–Kier alpha value is -3.09. The van der Waals surface area contributed by atoms with Crippen molar-refractivity contribution in [3.8, 4) is 5.88 Å². The summed E-state index contributed by atoms with van der Waals surface area (Å²) in [6.45, 7) is 8.81. The summed E-state index contributed by atoms with van der Waals surface area (Å²) in [4.78, 5) is 19.3. The van der Waals surface area contributed by atoms with E-state index >= 15 is 0 Å². The summed E-state index contributed by atoms with van der Waals surface area (Å²) in [5.74, 6) is 1.31. The molecule has 1 heterocycles. The molecule has 2 aromatic rings. The number of aryl methyl sites for hydroxylation is 1. The highest BCUT2D eigenvalue weighted by Crippen LogP contribution is 2.25. The van der Waals surface area contributed by atoms with Gasteiger partial charge in [0.15, 0.2) is 5.82 Å². The van der Waals surface area contributed by atoms with E-state index in [1.807, 2.05) is 24.3 Å². The van der Waals surface area contributed by atoms with Crippen LogP contribution < -0.4 is 20.4 Å². The number of rotatable bonds is 14. The summed E-state index contributed by atoms with van der Waals surface area (Å²) in [6.07, 6.45) is 11.0. The molecule has 1 aromatic carbocycles. The molecule has 1 saturated carbocycles. The number of nitrogens with one attached hydrogen (secondary N) is 2. The van der Waals surface area contributed by atoms with E-state index in [1.165, 1.54) is 24.8 Å². The van der Waals surface area contributed by atoms with Crippen LogP contribution in [0.25, 0.3) is 0 Å². The minimum absolute atomic E-state index is 0.122. The molecule has 0 atom stereocenters. The van der Waals surface area contributed by atoms with Crippen LogP contribution in [0.2, 0.25) is 0 Å². The van der Waals surface area contributed by atoms with Crippen molar-refractivity contribution in [3.63, 3.8) is 0 Å². The molecule has 36 heavy (non-hydrogen) atoms. The first-order chi connectivity index (χ1) is 17.6. The third-order valence-electron chi connectivity index (χ3n) is 6.34. The predicted molar refractivity (Wildman–Crippen MR) is 149 cm³/mol. The van der Waals surface area contributed by atoms with Crippen molar-refractivity contribution in [2.75, 3.05) is 30.0 Å². The van der Waals surface area contributed by atoms with Crippen molar-refractivity contribution in [1.29, 1.82) is 0 Å². The summed E-state index contributed by atoms with van der Waals surface area (Å²) in [5.41, 5.74) is 6.36. The molecule has 196 valence electrons. The monoisotopic (exact) mass is 493 g/mol. The molecule has 0 radical (unpaired) electrons. The summed E-state index contributed by atoms with van der Waals surface area (Å²) < 4.78 is 6.00. The van der Waals surface area contributed by atoms with Gasteiger partial charge in [-0.3, -0.25) is 10.2 Å². The van der Waals surface area contributed by atoms with Crippen molar-refractivity contribution in [3.05, 3.63) is 47.5 Å². The van der Waals surface area contributed by atoms with Crippen molar-refractivity contribution in [2.24, 2.45) is 5.10 Å². The number of hydrazone groups is 1. The fraction of sp³-hybridized carbons (Fsp3) is 0.552. The van der Waals surface area contributed by atoms with Gasteiger partial charge in [-0.2, -0.15) is 10.1 Å². The van der Waals surface area contributed by atoms with E-state index in [0.717, 1.165) is 50.0 Å². The lowest BCUT2D eigenvalue weighted by Crippen LogP contribution is -2.36. The SMILES string of the molecule is CCCN(CCC)c1cc(N/N=C/c2cccc(C)c2)nc(OCCCC(=O)NC2CCCCC2)c1. The molecule has 1 fully saturated rings. The third-order valence-corrected chi connectivity index (χ3v) is 6.34. The Morgan fingerprint density at radius 1 is 1.14 bits per heavy atom. The lowest BCUT2D eigenvalue weighted by molar-refractivity contribution is -0.122. The fourth-order valence-corrected chi connectivity index (χ4v) is 4.59. The number of ether oxygens (including phenoxy) is 1. The van der Waals surface area contributed by atoms with Crippen LogP contribution >= 0.6 is 0 Å². The molecule has 0 aliphatic heterocycles. The first-order valence-corrected chi connectivity index (χ1v) is 13.6. The number of aromatic nitrogens is 1. The van der Waals surface area contributed by atoms with Crippen LogP contribution in [-0.4, -0.2) is 42.8 Å². The van der Waals surface area contributed by atoms with Gasteiger partial charge in [-0.05, 0) is 44.6 Å². The van der Waals surface area contributed by atoms with E-state index in [9.17, 15) is 4.79 Å². The van der Waals surface area contributed by atoms with Gasteiger partial charge in [0.2, 0.25) is 11.8 Å². The van der Waals surface area contributed by atoms with Gasteiger partial charge in [0, 0.05) is 43.4 Å². The zero-order valence-electron chi connectivity index (χ0n) is 22.3. The molecule has 0 bridgehead atoms. The molecule has 1 aromatic heterocycles. The van der Waals surface area contributed by atoms with E-state index in [1.54, 1.807) is 6.21 Å². The van der Waals surface area contributed by atoms with Crippen molar-refractivity contribution in [2.45, 2.75) is 84.6 Å². The van der Waals surface area contributed by atoms with Gasteiger partial charge >= 0.3 is 0 Å². The largest absolute Gasteiger partial charge is 0.478 e. The molecule has 1 amide bonds. The molecule has 1 aliphatic rings. The van der Waals surface area contributed by atoms with Crippen molar-refractivity contribution in [1.82, 2.24) is 10.3 Å². The zero-order chi connectivity index (χ0) is 25.6. The van der Waals surface area contributed by atoms with Crippen molar-refractivity contribution >= 4 is 23.6 Å². The zero-order valence-corrected chi connectivity index (χ0v) is 22.3. The second-order valence-corrected chi connectivity index (χ2v) is 9.67. The number of carbonyl (C=O) groups excluding carboxylic acids is 1. The Morgan fingerprint density at radius 3 is 2.64 bits per heavy atom. The van der Waals surface area contributed by atoms with Gasteiger partial charge in [0.05, 0.1) is 12.8 Å². The number of pyridine rings is 1. The van der Waals surface area contributed by atoms with Crippen LogP contribution in [0.3, 0.4) is 0 Å². The Kier molecular flexibility index (Phi) is 11.5. The lowest BCUT2D eigenvalue weighted by Gasteiger charge is -2.24. The summed E-state index contributed by atoms with van der Waals surface area (Å²) in [7, 11) is 0. The molecular formula is C29H43N5O2. The second-order valence-electron chi connectivity index (χ2n) is 9.67. The molecular weight excluding hydrogens is 450 g/mol. The first-order valence-electron chi connectivity index (χ1n) is 13.6. The van der Waals surface area contributed by atoms with Crippen LogP contribution in [-0.2, 0) is 4.79 Å². The van der Waals surface area contributed by atoms with Gasteiger partial charge < -0.3 is 15.0 Å². The number of benzene rings is 1. The Labute approximate surface area is 216 Å². The van der Waals surface area contributed by atoms with E-state index in [-0.39, 0.29) is 5.91 Å². The van der Waals surface area contributed by atoms with Crippen LogP contribution in [0.1, 0.15) is 82.8 Å². The summed E-state index contributed by atoms with van der Waals surface area (Å²) >= 11 is 0. The van der Waals surface area contributed by atoms with Gasteiger partial charge in [-0.25, -0.2) is 0 Å². The number of nitrogens with zero attached hydrogens (tertiary/aromatic N) is 3. The number of anilines is 2. The Morgan fingerprint density at radius 2 is 1.92 bits per heavy atom. The van der Waals surface area contributed by atoms with Crippen LogP contribution in [0.15, 0.2) is 41.5 Å². The molecule has 1 aliphatic carbocycles. The third kappa shape index (κ3) is 9.51. The molecule has 7 heteroatoms. The van der Waals surface area contributed by atoms with Gasteiger partial charge in [0.1, 0.15) is 0 Å². The highest BCUT2D eigenvalue weighted by atomic mass is 16.5. The predicted octanol–water partition coefficient (Wildman–Crippen LogP) is 6.07. The van der Waals surface area contributed by atoms with Crippen LogP contribution in [0.4, 0.5) is 11.5 Å². The molecule has 2 N–H and O–H groups in total. The molecule has 0 saturated heterocycles. The maximum Gasteiger partial charge on any atom is 0.220 e. The van der Waals surface area contributed by atoms with Gasteiger partial charge in [0.25, 0.3) is 0 Å². The molecule has 0 spiro atoms. The highest BCUT2D eigenvalue weighted by molar-refractivity contribution is 5.80. The van der Waals surface area contributed by atoms with Crippen molar-refractivity contribution < 1.29 is 9.53 Å². The molecule has 3 rings (SSSR count). The van der Waals surface area contributed by atoms with E-state index in [0.29, 0.717) is 37.2 Å². The maximum absolute atomic E-state index is 12.3. The quantitative estimate of drug-likeness (QED) is 0.190. The average Bonchev–Trinajstić information content (AvgIpc) is 2.87. The topological polar surface area (TPSA) is 78.8 Å². The van der Waals surface area contributed by atoms with Crippen LogP contribution in [0.5, 0.6) is 5.88 Å². The number of hydrogen-bond donors (Lipinski definition) is 2. The van der Waals surface area contributed by atoms with E-state index in [2.05, 4.69) is 58.6 Å². The number of carbonyl (C=O) groups is 1. The minimum atomic E-state index is 0.122. The second kappa shape index (κ2) is 15.1. The number of hydrogen-bond acceptors (Lipinski definition) is 6. The minimum Gasteiger partial charge on any atom is -0.478 e. The Balaban J connectivity index is 1.61. The fourth-order valence-electron chi connectivity index (χ4n) is 4.59. The Bertz CT molecular complexity index is 966. The smallest absolute Gasteiger partial charge is 0.220 e. The van der Waals surface area contributed by atoms with Gasteiger partial charge in [-0.1, -0.05) is 62.9 Å². The maximum atomic E-state index is 12.3. The highest BCUT2D eigenvalue weighted by Gasteiger charge is 2.15. The summed E-state index contributed by atoms with van der Waals surface area (Å²) in [6, 6.07) is 12.5. The normalized spacial score (nSPS) is 14.1. The molecule has 0 unspecified atom stereocenters.